The SMILES string of the molecule is CC(=O)O[C@@H]1[C@@H](NC(=O)C(F)(F)F)[C@H]([O-])O[C@H](CN2CCN(C)CC2)[C@H]1OC(C)=O. The lowest BCUT2D eigenvalue weighted by Crippen LogP contribution is -2.70. The molecule has 2 saturated heterocycles. The minimum absolute atomic E-state index is 0.127. The predicted octanol–water partition coefficient (Wildman–Crippen LogP) is -1.77. The molecule has 1 amide bonds. The van der Waals surface area contributed by atoms with Crippen LogP contribution in [0, 0.1) is 0 Å². The molecule has 13 heteroatoms. The average Bonchev–Trinajstić information content (AvgIpc) is 2.61. The fourth-order valence-electron chi connectivity index (χ4n) is 3.39. The Bertz CT molecular complexity index is 641. The molecular weight excluding hydrogens is 415 g/mol. The zero-order valence-corrected chi connectivity index (χ0v) is 16.8. The van der Waals surface area contributed by atoms with Gasteiger partial charge in [0.1, 0.15) is 6.10 Å². The topological polar surface area (TPSA) is 120 Å². The third-order valence-electron chi connectivity index (χ3n) is 4.84. The fraction of sp³-hybridized carbons (Fsp3) is 0.824. The Balaban J connectivity index is 2.26. The number of hydrogen-bond acceptors (Lipinski definition) is 9. The smallest absolute Gasteiger partial charge is 0.471 e. The van der Waals surface area contributed by atoms with E-state index in [2.05, 4.69) is 4.90 Å². The van der Waals surface area contributed by atoms with Crippen LogP contribution in [0.1, 0.15) is 13.8 Å². The predicted molar refractivity (Wildman–Crippen MR) is 91.7 cm³/mol. The second kappa shape index (κ2) is 9.90. The van der Waals surface area contributed by atoms with Crippen molar-refractivity contribution in [1.82, 2.24) is 15.1 Å². The lowest BCUT2D eigenvalue weighted by molar-refractivity contribution is -0.518. The number of nitrogens with one attached hydrogen (secondary N) is 1. The first kappa shape index (κ1) is 24.3. The van der Waals surface area contributed by atoms with Gasteiger partial charge in [0.15, 0.2) is 12.2 Å². The molecule has 2 rings (SSSR count). The number of nitrogens with zero attached hydrogens (tertiary/aromatic N) is 2. The summed E-state index contributed by atoms with van der Waals surface area (Å²) in [6, 6.07) is -1.91. The number of likely N-dealkylation sites (N-methyl/N-ethyl adjacent to an activating group) is 1. The van der Waals surface area contributed by atoms with Crippen molar-refractivity contribution in [2.24, 2.45) is 0 Å². The summed E-state index contributed by atoms with van der Waals surface area (Å²) in [6.07, 6.45) is -11.5. The number of piperazine rings is 1. The maximum atomic E-state index is 12.7. The molecule has 0 aliphatic carbocycles. The third kappa shape index (κ3) is 6.52. The highest BCUT2D eigenvalue weighted by Crippen LogP contribution is 2.27. The molecule has 0 aromatic carbocycles. The number of hydrogen-bond donors (Lipinski definition) is 1. The van der Waals surface area contributed by atoms with E-state index in [1.165, 1.54) is 5.32 Å². The van der Waals surface area contributed by atoms with Crippen LogP contribution in [0.3, 0.4) is 0 Å². The first-order chi connectivity index (χ1) is 13.9. The van der Waals surface area contributed by atoms with Gasteiger partial charge in [-0.3, -0.25) is 19.3 Å². The summed E-state index contributed by atoms with van der Waals surface area (Å²) in [5, 5.41) is 14.0. The van der Waals surface area contributed by atoms with E-state index in [4.69, 9.17) is 14.2 Å². The van der Waals surface area contributed by atoms with Gasteiger partial charge in [0.25, 0.3) is 0 Å². The highest BCUT2D eigenvalue weighted by Gasteiger charge is 2.50. The van der Waals surface area contributed by atoms with E-state index in [0.717, 1.165) is 26.9 Å². The summed E-state index contributed by atoms with van der Waals surface area (Å²) in [5.74, 6) is -4.13. The molecule has 0 aromatic heterocycles. The van der Waals surface area contributed by atoms with Gasteiger partial charge < -0.3 is 29.5 Å². The van der Waals surface area contributed by atoms with E-state index >= 15 is 0 Å². The molecule has 2 aliphatic heterocycles. The van der Waals surface area contributed by atoms with Crippen LogP contribution in [0.15, 0.2) is 0 Å². The van der Waals surface area contributed by atoms with Crippen molar-refractivity contribution in [3.05, 3.63) is 0 Å². The van der Waals surface area contributed by atoms with E-state index in [1.54, 1.807) is 0 Å². The molecule has 0 aromatic rings. The van der Waals surface area contributed by atoms with Crippen molar-refractivity contribution in [2.45, 2.75) is 50.7 Å². The van der Waals surface area contributed by atoms with Crippen molar-refractivity contribution in [3.8, 4) is 0 Å². The molecule has 2 fully saturated rings. The molecule has 1 N–H and O–H groups in total. The first-order valence-corrected chi connectivity index (χ1v) is 9.32. The molecular formula is C17H25F3N3O7-. The van der Waals surface area contributed by atoms with Gasteiger partial charge in [-0.1, -0.05) is 0 Å². The lowest BCUT2D eigenvalue weighted by atomic mass is 9.95. The largest absolute Gasteiger partial charge is 0.829 e. The Morgan fingerprint density at radius 2 is 1.60 bits per heavy atom. The standard InChI is InChI=1S/C17H25F3N3O7/c1-9(24)28-13-11(8-23-6-4-22(3)5-7-23)30-15(26)12(14(13)29-10(2)25)21-16(27)17(18,19)20/h11-15H,4-8H2,1-3H3,(H,21,27)/q-1/t11-,12-,13-,14-,15-/m1/s1. The molecule has 0 bridgehead atoms. The zero-order valence-electron chi connectivity index (χ0n) is 16.8. The Kier molecular flexibility index (Phi) is 8.02. The minimum atomic E-state index is -5.27. The Morgan fingerprint density at radius 1 is 1.07 bits per heavy atom. The number of carbonyl (C=O) groups is 3. The van der Waals surface area contributed by atoms with E-state index in [1.807, 2.05) is 11.9 Å². The first-order valence-electron chi connectivity index (χ1n) is 9.32. The van der Waals surface area contributed by atoms with Gasteiger partial charge in [-0.2, -0.15) is 13.2 Å². The number of alkyl halides is 3. The van der Waals surface area contributed by atoms with E-state index < -0.39 is 54.7 Å². The number of rotatable bonds is 5. The Morgan fingerprint density at radius 3 is 2.10 bits per heavy atom. The summed E-state index contributed by atoms with van der Waals surface area (Å²) in [6.45, 7) is 4.90. The maximum Gasteiger partial charge on any atom is 0.471 e. The van der Waals surface area contributed by atoms with Gasteiger partial charge in [0.05, 0.1) is 6.04 Å². The molecule has 0 radical (unpaired) electrons. The van der Waals surface area contributed by atoms with Gasteiger partial charge in [-0.05, 0) is 7.05 Å². The maximum absolute atomic E-state index is 12.7. The summed E-state index contributed by atoms with van der Waals surface area (Å²) < 4.78 is 53.6. The normalized spacial score (nSPS) is 31.1. The Labute approximate surface area is 171 Å². The van der Waals surface area contributed by atoms with Crippen LogP contribution >= 0.6 is 0 Å². The van der Waals surface area contributed by atoms with Crippen molar-refractivity contribution >= 4 is 17.8 Å². The molecule has 2 aliphatic rings. The highest BCUT2D eigenvalue weighted by molar-refractivity contribution is 5.82. The molecule has 5 atom stereocenters. The number of ether oxygens (including phenoxy) is 3. The fourth-order valence-corrected chi connectivity index (χ4v) is 3.39. The van der Waals surface area contributed by atoms with Crippen LogP contribution in [-0.4, -0.2) is 104 Å². The quantitative estimate of drug-likeness (QED) is 0.495. The molecule has 172 valence electrons. The van der Waals surface area contributed by atoms with Gasteiger partial charge in [0.2, 0.25) is 0 Å². The van der Waals surface area contributed by atoms with Crippen LogP contribution in [0.25, 0.3) is 0 Å². The van der Waals surface area contributed by atoms with Gasteiger partial charge in [-0.25, -0.2) is 0 Å². The summed E-state index contributed by atoms with van der Waals surface area (Å²) in [5.41, 5.74) is 0. The van der Waals surface area contributed by atoms with Crippen molar-refractivity contribution < 1.29 is 46.9 Å². The molecule has 10 nitrogen and oxygen atoms in total. The van der Waals surface area contributed by atoms with Crippen LogP contribution in [0.2, 0.25) is 0 Å². The van der Waals surface area contributed by atoms with Crippen molar-refractivity contribution in [3.63, 3.8) is 0 Å². The number of esters is 2. The zero-order chi connectivity index (χ0) is 22.6. The van der Waals surface area contributed by atoms with Crippen molar-refractivity contribution in [1.29, 1.82) is 0 Å². The monoisotopic (exact) mass is 440 g/mol. The molecule has 0 spiro atoms. The molecule has 0 unspecified atom stereocenters. The van der Waals surface area contributed by atoms with Crippen LogP contribution in [-0.2, 0) is 28.6 Å². The second-order valence-electron chi connectivity index (χ2n) is 7.29. The van der Waals surface area contributed by atoms with E-state index in [0.29, 0.717) is 13.1 Å². The van der Waals surface area contributed by atoms with Crippen molar-refractivity contribution in [2.75, 3.05) is 39.8 Å². The molecule has 0 saturated carbocycles. The second-order valence-corrected chi connectivity index (χ2v) is 7.29. The van der Waals surface area contributed by atoms with Gasteiger partial charge >= 0.3 is 24.0 Å². The van der Waals surface area contributed by atoms with Crippen LogP contribution in [0.4, 0.5) is 13.2 Å². The number of halogens is 3. The Hall–Kier alpha value is -1.96. The summed E-state index contributed by atoms with van der Waals surface area (Å²) in [4.78, 5) is 38.6. The number of carbonyl (C=O) groups excluding carboxylic acids is 3. The average molecular weight is 440 g/mol. The van der Waals surface area contributed by atoms with Crippen LogP contribution < -0.4 is 10.4 Å². The summed E-state index contributed by atoms with van der Waals surface area (Å²) in [7, 11) is 1.94. The molecule has 30 heavy (non-hydrogen) atoms. The third-order valence-corrected chi connectivity index (χ3v) is 4.84. The lowest BCUT2D eigenvalue weighted by Gasteiger charge is -2.49. The minimum Gasteiger partial charge on any atom is -0.829 e. The van der Waals surface area contributed by atoms with Gasteiger partial charge in [-0.15, -0.1) is 0 Å². The van der Waals surface area contributed by atoms with Crippen LogP contribution in [0.5, 0.6) is 0 Å². The number of amides is 1. The summed E-state index contributed by atoms with van der Waals surface area (Å²) >= 11 is 0. The van der Waals surface area contributed by atoms with E-state index in [9.17, 15) is 32.7 Å². The highest BCUT2D eigenvalue weighted by atomic mass is 19.4. The molecule has 2 heterocycles. The van der Waals surface area contributed by atoms with E-state index in [-0.39, 0.29) is 6.54 Å². The van der Waals surface area contributed by atoms with Gasteiger partial charge in [0, 0.05) is 52.9 Å².